The number of aromatic nitrogens is 3. The van der Waals surface area contributed by atoms with Crippen LogP contribution in [0.1, 0.15) is 53.0 Å². The van der Waals surface area contributed by atoms with E-state index in [0.717, 1.165) is 48.4 Å². The Balaban J connectivity index is 1.52. The molecule has 3 aromatic heterocycles. The maximum absolute atomic E-state index is 12.9. The summed E-state index contributed by atoms with van der Waals surface area (Å²) in [4.78, 5) is 19.9. The van der Waals surface area contributed by atoms with Crippen LogP contribution < -0.4 is 15.0 Å². The van der Waals surface area contributed by atoms with Crippen molar-refractivity contribution in [1.82, 2.24) is 19.9 Å². The molecule has 0 spiro atoms. The lowest BCUT2D eigenvalue weighted by Gasteiger charge is -2.39. The molecule has 8 heteroatoms. The van der Waals surface area contributed by atoms with E-state index in [1.54, 1.807) is 16.9 Å². The van der Waals surface area contributed by atoms with Gasteiger partial charge in [-0.3, -0.25) is 4.79 Å². The Morgan fingerprint density at radius 1 is 1.26 bits per heavy atom. The van der Waals surface area contributed by atoms with Crippen molar-refractivity contribution in [3.05, 3.63) is 42.4 Å². The number of amides is 1. The Morgan fingerprint density at radius 3 is 2.60 bits per heavy atom. The van der Waals surface area contributed by atoms with E-state index >= 15 is 0 Å². The average molecular weight is 475 g/mol. The van der Waals surface area contributed by atoms with E-state index in [4.69, 9.17) is 9.72 Å². The number of hydrogen-bond acceptors (Lipinski definition) is 6. The van der Waals surface area contributed by atoms with E-state index in [1.165, 1.54) is 0 Å². The van der Waals surface area contributed by atoms with Crippen LogP contribution in [0.5, 0.6) is 5.75 Å². The number of pyridine rings is 2. The summed E-state index contributed by atoms with van der Waals surface area (Å²) in [5, 5.41) is 17.1. The van der Waals surface area contributed by atoms with Crippen LogP contribution in [0.4, 0.5) is 5.82 Å². The lowest BCUT2D eigenvalue weighted by atomic mass is 9.79. The number of anilines is 1. The monoisotopic (exact) mass is 474 g/mol. The van der Waals surface area contributed by atoms with Crippen molar-refractivity contribution in [2.24, 2.45) is 11.3 Å². The molecule has 1 saturated heterocycles. The van der Waals surface area contributed by atoms with Gasteiger partial charge in [-0.2, -0.15) is 10.4 Å². The molecule has 3 aromatic rings. The summed E-state index contributed by atoms with van der Waals surface area (Å²) in [6, 6.07) is 8.34. The normalized spacial score (nSPS) is 16.2. The molecule has 0 aromatic carbocycles. The van der Waals surface area contributed by atoms with Crippen molar-refractivity contribution in [3.63, 3.8) is 0 Å². The van der Waals surface area contributed by atoms with Crippen molar-refractivity contribution in [1.29, 1.82) is 5.26 Å². The summed E-state index contributed by atoms with van der Waals surface area (Å²) in [5.41, 5.74) is 2.63. The van der Waals surface area contributed by atoms with Crippen molar-refractivity contribution in [2.45, 2.75) is 53.5 Å². The fourth-order valence-electron chi connectivity index (χ4n) is 4.38. The van der Waals surface area contributed by atoms with Gasteiger partial charge in [-0.15, -0.1) is 0 Å². The third-order valence-electron chi connectivity index (χ3n) is 7.17. The lowest BCUT2D eigenvalue weighted by molar-refractivity contribution is -0.132. The standard InChI is InChI=1S/C27H34N6O2/c1-6-35-22-13-23(25-21(14-28)16-30-33(25)17-22)20-7-8-24(29-15-20)32-11-9-27(5,10-12-32)26(34)31-19(4)18(2)3/h7-8,13,15-19H,6,9-12H2,1-5H3,(H,31,34)/t19-/m1/s1. The molecule has 1 N–H and O–H groups in total. The maximum Gasteiger partial charge on any atom is 0.226 e. The average Bonchev–Trinajstić information content (AvgIpc) is 3.27. The van der Waals surface area contributed by atoms with Gasteiger partial charge in [-0.05, 0) is 50.8 Å². The zero-order chi connectivity index (χ0) is 25.2. The largest absolute Gasteiger partial charge is 0.492 e. The molecule has 4 rings (SSSR count). The van der Waals surface area contributed by atoms with Gasteiger partial charge in [0.2, 0.25) is 5.91 Å². The van der Waals surface area contributed by atoms with Crippen molar-refractivity contribution < 1.29 is 9.53 Å². The number of carbonyl (C=O) groups is 1. The van der Waals surface area contributed by atoms with Gasteiger partial charge in [0.25, 0.3) is 0 Å². The van der Waals surface area contributed by atoms with Gasteiger partial charge in [-0.1, -0.05) is 20.8 Å². The van der Waals surface area contributed by atoms with Crippen LogP contribution in [-0.4, -0.2) is 46.2 Å². The second kappa shape index (κ2) is 9.95. The summed E-state index contributed by atoms with van der Waals surface area (Å²) >= 11 is 0. The van der Waals surface area contributed by atoms with Crippen LogP contribution >= 0.6 is 0 Å². The molecule has 1 aliphatic rings. The third kappa shape index (κ3) is 4.95. The number of hydrogen-bond donors (Lipinski definition) is 1. The van der Waals surface area contributed by atoms with Crippen LogP contribution in [0, 0.1) is 22.7 Å². The zero-order valence-corrected chi connectivity index (χ0v) is 21.2. The highest BCUT2D eigenvalue weighted by atomic mass is 16.5. The highest BCUT2D eigenvalue weighted by molar-refractivity contribution is 5.85. The lowest BCUT2D eigenvalue weighted by Crippen LogP contribution is -2.50. The van der Waals surface area contributed by atoms with Crippen LogP contribution in [0.25, 0.3) is 16.6 Å². The number of nitrogens with one attached hydrogen (secondary N) is 1. The number of rotatable bonds is 7. The second-order valence-corrected chi connectivity index (χ2v) is 9.94. The molecule has 35 heavy (non-hydrogen) atoms. The van der Waals surface area contributed by atoms with Crippen LogP contribution in [0.3, 0.4) is 0 Å². The van der Waals surface area contributed by atoms with Gasteiger partial charge in [0.1, 0.15) is 17.6 Å². The molecular weight excluding hydrogens is 440 g/mol. The molecule has 0 radical (unpaired) electrons. The minimum atomic E-state index is -0.361. The SMILES string of the molecule is CCOc1cc(-c2ccc(N3CCC(C)(C(=O)N[C@H](C)C(C)C)CC3)nc2)c2c(C#N)cnn2c1. The molecule has 8 nitrogen and oxygen atoms in total. The van der Waals surface area contributed by atoms with Gasteiger partial charge in [0.05, 0.1) is 30.1 Å². The van der Waals surface area contributed by atoms with E-state index in [-0.39, 0.29) is 17.4 Å². The Bertz CT molecular complexity index is 1230. The molecule has 1 atom stereocenters. The molecule has 184 valence electrons. The number of nitriles is 1. The highest BCUT2D eigenvalue weighted by Gasteiger charge is 2.37. The van der Waals surface area contributed by atoms with Gasteiger partial charge >= 0.3 is 0 Å². The molecule has 1 amide bonds. The molecule has 0 bridgehead atoms. The predicted octanol–water partition coefficient (Wildman–Crippen LogP) is 4.43. The molecule has 1 fully saturated rings. The quantitative estimate of drug-likeness (QED) is 0.544. The van der Waals surface area contributed by atoms with E-state index in [0.29, 0.717) is 23.8 Å². The summed E-state index contributed by atoms with van der Waals surface area (Å²) in [6.45, 7) is 12.4. The molecular formula is C27H34N6O2. The first-order valence-corrected chi connectivity index (χ1v) is 12.3. The molecule has 0 unspecified atom stereocenters. The molecule has 1 aliphatic heterocycles. The summed E-state index contributed by atoms with van der Waals surface area (Å²) in [7, 11) is 0. The van der Waals surface area contributed by atoms with Gasteiger partial charge in [0, 0.05) is 41.9 Å². The maximum atomic E-state index is 12.9. The molecule has 0 saturated carbocycles. The number of fused-ring (bicyclic) bond motifs is 1. The van der Waals surface area contributed by atoms with E-state index < -0.39 is 0 Å². The highest BCUT2D eigenvalue weighted by Crippen LogP contribution is 2.35. The van der Waals surface area contributed by atoms with Crippen molar-refractivity contribution in [3.8, 4) is 22.9 Å². The fourth-order valence-corrected chi connectivity index (χ4v) is 4.38. The van der Waals surface area contributed by atoms with Crippen molar-refractivity contribution >= 4 is 17.2 Å². The van der Waals surface area contributed by atoms with E-state index in [2.05, 4.69) is 49.1 Å². The number of piperidine rings is 1. The topological polar surface area (TPSA) is 95.5 Å². The Morgan fingerprint density at radius 2 is 2.00 bits per heavy atom. The van der Waals surface area contributed by atoms with Gasteiger partial charge < -0.3 is 15.0 Å². The zero-order valence-electron chi connectivity index (χ0n) is 21.2. The van der Waals surface area contributed by atoms with Gasteiger partial charge in [0.15, 0.2) is 0 Å². The Labute approximate surface area is 206 Å². The van der Waals surface area contributed by atoms with Gasteiger partial charge in [-0.25, -0.2) is 9.50 Å². The minimum absolute atomic E-state index is 0.147. The summed E-state index contributed by atoms with van der Waals surface area (Å²) in [5.74, 6) is 2.13. The van der Waals surface area contributed by atoms with E-state index in [9.17, 15) is 10.1 Å². The number of ether oxygens (including phenoxy) is 1. The smallest absolute Gasteiger partial charge is 0.226 e. The van der Waals surface area contributed by atoms with Crippen LogP contribution in [0.2, 0.25) is 0 Å². The van der Waals surface area contributed by atoms with Crippen LogP contribution in [0.15, 0.2) is 36.8 Å². The number of nitrogens with zero attached hydrogens (tertiary/aromatic N) is 5. The third-order valence-corrected chi connectivity index (χ3v) is 7.17. The van der Waals surface area contributed by atoms with E-state index in [1.807, 2.05) is 31.3 Å². The first kappa shape index (κ1) is 24.5. The Hall–Kier alpha value is -3.60. The van der Waals surface area contributed by atoms with Crippen molar-refractivity contribution in [2.75, 3.05) is 24.6 Å². The minimum Gasteiger partial charge on any atom is -0.492 e. The Kier molecular flexibility index (Phi) is 6.97. The summed E-state index contributed by atoms with van der Waals surface area (Å²) in [6.07, 6.45) is 6.75. The summed E-state index contributed by atoms with van der Waals surface area (Å²) < 4.78 is 7.39. The van der Waals surface area contributed by atoms with Crippen LogP contribution in [-0.2, 0) is 4.79 Å². The first-order valence-electron chi connectivity index (χ1n) is 12.3. The molecule has 0 aliphatic carbocycles. The number of carbonyl (C=O) groups excluding carboxylic acids is 1. The predicted molar refractivity (Wildman–Crippen MR) is 136 cm³/mol. The second-order valence-electron chi connectivity index (χ2n) is 9.94. The first-order chi connectivity index (χ1) is 16.8. The molecule has 4 heterocycles. The fraction of sp³-hybridized carbons (Fsp3) is 0.481.